The third-order valence-corrected chi connectivity index (χ3v) is 6.39. The molecule has 1 fully saturated rings. The number of esters is 1. The van der Waals surface area contributed by atoms with Gasteiger partial charge in [0.05, 0.1) is 17.6 Å². The van der Waals surface area contributed by atoms with Gasteiger partial charge in [-0.1, -0.05) is 0 Å². The van der Waals surface area contributed by atoms with Crippen molar-refractivity contribution >= 4 is 33.7 Å². The second-order valence-electron chi connectivity index (χ2n) is 5.67. The molecule has 1 atom stereocenters. The number of hydrogen-bond acceptors (Lipinski definition) is 7. The molecule has 2 rings (SSSR count). The van der Waals surface area contributed by atoms with Gasteiger partial charge in [0.25, 0.3) is 5.91 Å². The van der Waals surface area contributed by atoms with E-state index in [1.807, 2.05) is 6.07 Å². The number of carbonyl (C=O) groups excluding carboxylic acids is 2. The summed E-state index contributed by atoms with van der Waals surface area (Å²) in [4.78, 5) is 26.4. The van der Waals surface area contributed by atoms with E-state index in [0.29, 0.717) is 17.9 Å². The number of benzene rings is 1. The number of nitriles is 1. The lowest BCUT2D eigenvalue weighted by Crippen LogP contribution is -2.51. The van der Waals surface area contributed by atoms with Crippen molar-refractivity contribution < 1.29 is 22.7 Å². The minimum Gasteiger partial charge on any atom is -0.464 e. The molecule has 1 saturated heterocycles. The molecule has 1 amide bonds. The quantitative estimate of drug-likeness (QED) is 0.525. The maximum absolute atomic E-state index is 12.8. The minimum atomic E-state index is -3.73. The van der Waals surface area contributed by atoms with Gasteiger partial charge in [-0.3, -0.25) is 4.79 Å². The second-order valence-corrected chi connectivity index (χ2v) is 8.59. The van der Waals surface area contributed by atoms with E-state index in [1.54, 1.807) is 18.7 Å². The number of nitrogens with zero attached hydrogens (tertiary/aromatic N) is 2. The van der Waals surface area contributed by atoms with E-state index >= 15 is 0 Å². The lowest BCUT2D eigenvalue weighted by molar-refractivity contribution is -0.147. The van der Waals surface area contributed by atoms with Crippen LogP contribution in [0.25, 0.3) is 0 Å². The van der Waals surface area contributed by atoms with Crippen molar-refractivity contribution in [3.05, 3.63) is 29.8 Å². The van der Waals surface area contributed by atoms with Crippen molar-refractivity contribution in [3.63, 3.8) is 0 Å². The van der Waals surface area contributed by atoms with Crippen LogP contribution in [0, 0.1) is 11.3 Å². The Hall–Kier alpha value is -2.09. The molecule has 0 spiro atoms. The number of rotatable bonds is 7. The highest BCUT2D eigenvalue weighted by Crippen LogP contribution is 2.21. The Balaban J connectivity index is 2.14. The highest BCUT2D eigenvalue weighted by atomic mass is 32.2. The zero-order chi connectivity index (χ0) is 19.9. The van der Waals surface area contributed by atoms with E-state index in [-0.39, 0.29) is 30.4 Å². The van der Waals surface area contributed by atoms with E-state index in [1.165, 1.54) is 29.2 Å². The average molecular weight is 412 g/mol. The highest BCUT2D eigenvalue weighted by Gasteiger charge is 2.34. The van der Waals surface area contributed by atoms with Gasteiger partial charge >= 0.3 is 5.97 Å². The Morgan fingerprint density at radius 1 is 1.37 bits per heavy atom. The maximum Gasteiger partial charge on any atom is 0.329 e. The Morgan fingerprint density at radius 3 is 2.70 bits per heavy atom. The van der Waals surface area contributed by atoms with Crippen LogP contribution >= 0.6 is 11.8 Å². The second kappa shape index (κ2) is 9.73. The number of sulfonamides is 1. The molecule has 1 aliphatic rings. The van der Waals surface area contributed by atoms with Gasteiger partial charge in [0, 0.05) is 36.6 Å². The molecule has 146 valence electrons. The molecule has 0 unspecified atom stereocenters. The van der Waals surface area contributed by atoms with Gasteiger partial charge < -0.3 is 9.64 Å². The maximum atomic E-state index is 12.8. The molecule has 0 bridgehead atoms. The van der Waals surface area contributed by atoms with Crippen molar-refractivity contribution in [1.29, 1.82) is 5.26 Å². The Kier molecular flexibility index (Phi) is 7.65. The van der Waals surface area contributed by atoms with Gasteiger partial charge in [0.15, 0.2) is 0 Å². The van der Waals surface area contributed by atoms with Gasteiger partial charge in [0.1, 0.15) is 6.04 Å². The van der Waals surface area contributed by atoms with E-state index in [9.17, 15) is 18.0 Å². The molecule has 1 heterocycles. The minimum absolute atomic E-state index is 0.00753. The zero-order valence-corrected chi connectivity index (χ0v) is 16.5. The highest BCUT2D eigenvalue weighted by molar-refractivity contribution is 7.99. The largest absolute Gasteiger partial charge is 0.464 e. The van der Waals surface area contributed by atoms with Crippen LogP contribution in [0.5, 0.6) is 0 Å². The number of amides is 1. The topological polar surface area (TPSA) is 117 Å². The monoisotopic (exact) mass is 411 g/mol. The predicted octanol–water partition coefficient (Wildman–Crippen LogP) is 0.999. The lowest BCUT2D eigenvalue weighted by atomic mass is 10.1. The molecule has 0 radical (unpaired) electrons. The van der Waals surface area contributed by atoms with Gasteiger partial charge in [-0.15, -0.1) is 0 Å². The van der Waals surface area contributed by atoms with Crippen LogP contribution in [0.2, 0.25) is 0 Å². The molecule has 1 aromatic carbocycles. The summed E-state index contributed by atoms with van der Waals surface area (Å²) in [7, 11) is -3.73. The molecule has 0 saturated carbocycles. The van der Waals surface area contributed by atoms with Gasteiger partial charge in [-0.2, -0.15) is 17.0 Å². The van der Waals surface area contributed by atoms with Gasteiger partial charge in [-0.05, 0) is 31.2 Å². The fourth-order valence-corrected chi connectivity index (χ4v) is 4.61. The van der Waals surface area contributed by atoms with Crippen molar-refractivity contribution in [3.8, 4) is 6.07 Å². The van der Waals surface area contributed by atoms with Crippen LogP contribution in [-0.2, 0) is 19.6 Å². The van der Waals surface area contributed by atoms with Crippen molar-refractivity contribution in [2.75, 3.05) is 31.2 Å². The summed E-state index contributed by atoms with van der Waals surface area (Å²) in [6, 6.07) is 6.72. The molecule has 27 heavy (non-hydrogen) atoms. The van der Waals surface area contributed by atoms with Crippen LogP contribution in [-0.4, -0.2) is 62.4 Å². The molecule has 8 nitrogen and oxygen atoms in total. The normalized spacial score (nSPS) is 17.2. The molecule has 0 aliphatic carbocycles. The molecule has 0 aromatic heterocycles. The number of carbonyl (C=O) groups is 2. The standard InChI is InChI=1S/C17H21N3O5S2/c1-2-25-17(22)15-12-26-11-10-20(15)16(21)13-4-6-14(7-5-13)27(23,24)19-9-3-8-18/h4-7,15,19H,2-3,9-12H2,1H3/t15-/m1/s1. The Bertz CT molecular complexity index is 818. The summed E-state index contributed by atoms with van der Waals surface area (Å²) in [5.74, 6) is 0.421. The molecule has 1 N–H and O–H groups in total. The molecular weight excluding hydrogens is 390 g/mol. The van der Waals surface area contributed by atoms with Crippen molar-refractivity contribution in [2.45, 2.75) is 24.3 Å². The number of thioether (sulfide) groups is 1. The predicted molar refractivity (Wildman–Crippen MR) is 101 cm³/mol. The number of ether oxygens (including phenoxy) is 1. The van der Waals surface area contributed by atoms with Crippen LogP contribution in [0.4, 0.5) is 0 Å². The van der Waals surface area contributed by atoms with E-state index < -0.39 is 22.0 Å². The van der Waals surface area contributed by atoms with Crippen LogP contribution < -0.4 is 4.72 Å². The summed E-state index contributed by atoms with van der Waals surface area (Å²) in [5, 5.41) is 8.49. The third-order valence-electron chi connectivity index (χ3n) is 3.89. The fourth-order valence-electron chi connectivity index (χ4n) is 2.55. The first-order valence-corrected chi connectivity index (χ1v) is 11.1. The lowest BCUT2D eigenvalue weighted by Gasteiger charge is -2.33. The summed E-state index contributed by atoms with van der Waals surface area (Å²) >= 11 is 1.58. The third kappa shape index (κ3) is 5.45. The van der Waals surface area contributed by atoms with E-state index in [4.69, 9.17) is 10.00 Å². The first-order valence-electron chi connectivity index (χ1n) is 8.42. The summed E-state index contributed by atoms with van der Waals surface area (Å²) < 4.78 is 31.6. The van der Waals surface area contributed by atoms with Crippen molar-refractivity contribution in [2.24, 2.45) is 0 Å². The SMILES string of the molecule is CCOC(=O)[C@H]1CSCCN1C(=O)c1ccc(S(=O)(=O)NCCC#N)cc1. The number of nitrogens with one attached hydrogen (secondary N) is 1. The number of hydrogen-bond donors (Lipinski definition) is 1. The Morgan fingerprint density at radius 2 is 2.07 bits per heavy atom. The molecule has 1 aliphatic heterocycles. The van der Waals surface area contributed by atoms with E-state index in [2.05, 4.69) is 4.72 Å². The summed E-state index contributed by atoms with van der Waals surface area (Å²) in [6.45, 7) is 2.40. The Labute approximate surface area is 162 Å². The molecular formula is C17H21N3O5S2. The van der Waals surface area contributed by atoms with E-state index in [0.717, 1.165) is 5.75 Å². The molecule has 1 aromatic rings. The first-order chi connectivity index (χ1) is 12.9. The van der Waals surface area contributed by atoms with Crippen LogP contribution in [0.1, 0.15) is 23.7 Å². The average Bonchev–Trinajstić information content (AvgIpc) is 2.68. The van der Waals surface area contributed by atoms with Crippen LogP contribution in [0.15, 0.2) is 29.2 Å². The summed E-state index contributed by atoms with van der Waals surface area (Å²) in [5.41, 5.74) is 0.298. The summed E-state index contributed by atoms with van der Waals surface area (Å²) in [6.07, 6.45) is 0.0675. The first kappa shape index (κ1) is 21.2. The fraction of sp³-hybridized carbons (Fsp3) is 0.471. The molecule has 10 heteroatoms. The van der Waals surface area contributed by atoms with Gasteiger partial charge in [0.2, 0.25) is 10.0 Å². The van der Waals surface area contributed by atoms with Crippen LogP contribution in [0.3, 0.4) is 0 Å². The van der Waals surface area contributed by atoms with Gasteiger partial charge in [-0.25, -0.2) is 17.9 Å². The zero-order valence-electron chi connectivity index (χ0n) is 14.9. The van der Waals surface area contributed by atoms with Crippen molar-refractivity contribution in [1.82, 2.24) is 9.62 Å². The smallest absolute Gasteiger partial charge is 0.329 e.